The Labute approximate surface area is 159 Å². The van der Waals surface area contributed by atoms with E-state index in [4.69, 9.17) is 4.74 Å². The van der Waals surface area contributed by atoms with E-state index in [1.54, 1.807) is 31.4 Å². The maximum atomic E-state index is 13.3. The third-order valence-corrected chi connectivity index (χ3v) is 5.04. The smallest absolute Gasteiger partial charge is 0.256 e. The molecular weight excluding hydrogens is 365 g/mol. The zero-order valence-electron chi connectivity index (χ0n) is 14.7. The SMILES string of the molecule is COc1cc(C(=O)Nc2c(-c3ccc(F)cc3)nc3sccn23)ccc1C. The number of benzene rings is 2. The van der Waals surface area contributed by atoms with Gasteiger partial charge in [-0.05, 0) is 48.9 Å². The summed E-state index contributed by atoms with van der Waals surface area (Å²) in [6.45, 7) is 1.92. The Balaban J connectivity index is 1.75. The number of fused-ring (bicyclic) bond motifs is 1. The monoisotopic (exact) mass is 381 g/mol. The highest BCUT2D eigenvalue weighted by Crippen LogP contribution is 2.31. The highest BCUT2D eigenvalue weighted by molar-refractivity contribution is 7.15. The minimum absolute atomic E-state index is 0.273. The van der Waals surface area contributed by atoms with Gasteiger partial charge < -0.3 is 10.1 Å². The molecule has 1 amide bonds. The molecule has 0 aliphatic carbocycles. The summed E-state index contributed by atoms with van der Waals surface area (Å²) in [6.07, 6.45) is 1.84. The van der Waals surface area contributed by atoms with Crippen LogP contribution >= 0.6 is 11.3 Å². The summed E-state index contributed by atoms with van der Waals surface area (Å²) in [6, 6.07) is 11.3. The van der Waals surface area contributed by atoms with E-state index in [1.807, 2.05) is 29.0 Å². The van der Waals surface area contributed by atoms with E-state index in [0.29, 0.717) is 22.8 Å². The van der Waals surface area contributed by atoms with Crippen LogP contribution in [-0.4, -0.2) is 22.4 Å². The summed E-state index contributed by atoms with van der Waals surface area (Å²) in [5.74, 6) is 0.597. The van der Waals surface area contributed by atoms with Crippen LogP contribution in [0.1, 0.15) is 15.9 Å². The number of nitrogens with one attached hydrogen (secondary N) is 1. The number of thiazole rings is 1. The van der Waals surface area contributed by atoms with Crippen molar-refractivity contribution >= 4 is 28.0 Å². The lowest BCUT2D eigenvalue weighted by Crippen LogP contribution is -2.14. The number of halogens is 1. The maximum absolute atomic E-state index is 13.3. The summed E-state index contributed by atoms with van der Waals surface area (Å²) in [5.41, 5.74) is 2.75. The second-order valence-electron chi connectivity index (χ2n) is 6.01. The third kappa shape index (κ3) is 3.17. The van der Waals surface area contributed by atoms with Gasteiger partial charge in [0, 0.05) is 22.7 Å². The van der Waals surface area contributed by atoms with E-state index < -0.39 is 0 Å². The second-order valence-corrected chi connectivity index (χ2v) is 6.88. The molecule has 4 rings (SSSR count). The Bertz CT molecular complexity index is 1130. The van der Waals surface area contributed by atoms with Gasteiger partial charge in [-0.15, -0.1) is 11.3 Å². The third-order valence-electron chi connectivity index (χ3n) is 4.28. The van der Waals surface area contributed by atoms with Gasteiger partial charge in [0.15, 0.2) is 4.96 Å². The Morgan fingerprint density at radius 1 is 1.22 bits per heavy atom. The minimum atomic E-state index is -0.322. The molecular formula is C20H16FN3O2S. The van der Waals surface area contributed by atoms with Crippen molar-refractivity contribution in [3.05, 3.63) is 71.0 Å². The number of rotatable bonds is 4. The van der Waals surface area contributed by atoms with Crippen molar-refractivity contribution in [2.75, 3.05) is 12.4 Å². The van der Waals surface area contributed by atoms with Crippen LogP contribution in [0.4, 0.5) is 10.2 Å². The predicted octanol–water partition coefficient (Wildman–Crippen LogP) is 4.77. The molecule has 1 N–H and O–H groups in total. The van der Waals surface area contributed by atoms with Crippen LogP contribution in [0.3, 0.4) is 0 Å². The molecule has 0 aliphatic heterocycles. The van der Waals surface area contributed by atoms with Crippen molar-refractivity contribution in [2.24, 2.45) is 0 Å². The van der Waals surface area contributed by atoms with Crippen LogP contribution in [0, 0.1) is 12.7 Å². The van der Waals surface area contributed by atoms with E-state index in [9.17, 15) is 9.18 Å². The van der Waals surface area contributed by atoms with Crippen LogP contribution in [-0.2, 0) is 0 Å². The molecule has 2 aromatic heterocycles. The van der Waals surface area contributed by atoms with Crippen molar-refractivity contribution in [1.29, 1.82) is 0 Å². The Hall–Kier alpha value is -3.19. The molecule has 5 nitrogen and oxygen atoms in total. The summed E-state index contributed by atoms with van der Waals surface area (Å²) in [5, 5.41) is 4.83. The van der Waals surface area contributed by atoms with Gasteiger partial charge in [-0.2, -0.15) is 0 Å². The molecule has 2 heterocycles. The number of carbonyl (C=O) groups excluding carboxylic acids is 1. The van der Waals surface area contributed by atoms with E-state index in [0.717, 1.165) is 16.1 Å². The number of methoxy groups -OCH3 is 1. The normalized spacial score (nSPS) is 10.9. The van der Waals surface area contributed by atoms with Crippen molar-refractivity contribution in [2.45, 2.75) is 6.92 Å². The van der Waals surface area contributed by atoms with Crippen LogP contribution in [0.15, 0.2) is 54.0 Å². The topological polar surface area (TPSA) is 55.6 Å². The number of aryl methyl sites for hydroxylation is 1. The number of ether oxygens (including phenoxy) is 1. The quantitative estimate of drug-likeness (QED) is 0.554. The number of carbonyl (C=O) groups is 1. The molecule has 0 saturated heterocycles. The summed E-state index contributed by atoms with van der Waals surface area (Å²) in [4.78, 5) is 18.2. The molecule has 0 aliphatic rings. The zero-order valence-corrected chi connectivity index (χ0v) is 15.5. The molecule has 0 fully saturated rings. The highest BCUT2D eigenvalue weighted by atomic mass is 32.1. The van der Waals surface area contributed by atoms with Crippen molar-refractivity contribution in [1.82, 2.24) is 9.38 Å². The molecule has 0 radical (unpaired) electrons. The fourth-order valence-electron chi connectivity index (χ4n) is 2.86. The second kappa shape index (κ2) is 6.85. The van der Waals surface area contributed by atoms with Crippen molar-refractivity contribution in [3.8, 4) is 17.0 Å². The molecule has 136 valence electrons. The van der Waals surface area contributed by atoms with E-state index in [1.165, 1.54) is 23.5 Å². The molecule has 27 heavy (non-hydrogen) atoms. The van der Waals surface area contributed by atoms with Crippen LogP contribution in [0.5, 0.6) is 5.75 Å². The predicted molar refractivity (Wildman–Crippen MR) is 104 cm³/mol. The fraction of sp³-hybridized carbons (Fsp3) is 0.100. The Morgan fingerprint density at radius 3 is 2.74 bits per heavy atom. The average Bonchev–Trinajstić information content (AvgIpc) is 3.25. The number of amides is 1. The van der Waals surface area contributed by atoms with Gasteiger partial charge in [0.2, 0.25) is 0 Å². The summed E-state index contributed by atoms with van der Waals surface area (Å²) in [7, 11) is 1.57. The van der Waals surface area contributed by atoms with Gasteiger partial charge in [0.1, 0.15) is 23.1 Å². The van der Waals surface area contributed by atoms with Gasteiger partial charge in [0.25, 0.3) is 5.91 Å². The summed E-state index contributed by atoms with van der Waals surface area (Å²) >= 11 is 1.46. The van der Waals surface area contributed by atoms with E-state index in [2.05, 4.69) is 10.3 Å². The fourth-order valence-corrected chi connectivity index (χ4v) is 3.57. The molecule has 0 unspecified atom stereocenters. The minimum Gasteiger partial charge on any atom is -0.496 e. The average molecular weight is 381 g/mol. The van der Waals surface area contributed by atoms with E-state index >= 15 is 0 Å². The Kier molecular flexibility index (Phi) is 4.37. The standard InChI is InChI=1S/C20H16FN3O2S/c1-12-3-4-14(11-16(12)26-2)19(25)23-18-17(13-5-7-15(21)8-6-13)22-20-24(18)9-10-27-20/h3-11H,1-2H3,(H,23,25). The van der Waals surface area contributed by atoms with Gasteiger partial charge in [0.05, 0.1) is 7.11 Å². The first-order valence-corrected chi connectivity index (χ1v) is 9.12. The van der Waals surface area contributed by atoms with Gasteiger partial charge >= 0.3 is 0 Å². The largest absolute Gasteiger partial charge is 0.496 e. The maximum Gasteiger partial charge on any atom is 0.256 e. The number of anilines is 1. The van der Waals surface area contributed by atoms with Crippen molar-refractivity contribution < 1.29 is 13.9 Å². The van der Waals surface area contributed by atoms with Crippen LogP contribution in [0.2, 0.25) is 0 Å². The number of aromatic nitrogens is 2. The summed E-state index contributed by atoms with van der Waals surface area (Å²) < 4.78 is 20.4. The first-order chi connectivity index (χ1) is 13.1. The zero-order chi connectivity index (χ0) is 19.0. The molecule has 0 atom stereocenters. The number of imidazole rings is 1. The lowest BCUT2D eigenvalue weighted by molar-refractivity contribution is 0.102. The molecule has 2 aromatic carbocycles. The molecule has 0 bridgehead atoms. The van der Waals surface area contributed by atoms with Gasteiger partial charge in [-0.3, -0.25) is 9.20 Å². The number of hydrogen-bond donors (Lipinski definition) is 1. The number of nitrogens with zero attached hydrogens (tertiary/aromatic N) is 2. The lowest BCUT2D eigenvalue weighted by Gasteiger charge is -2.10. The highest BCUT2D eigenvalue weighted by Gasteiger charge is 2.18. The lowest BCUT2D eigenvalue weighted by atomic mass is 10.1. The first-order valence-electron chi connectivity index (χ1n) is 8.24. The molecule has 7 heteroatoms. The molecule has 4 aromatic rings. The van der Waals surface area contributed by atoms with Crippen molar-refractivity contribution in [3.63, 3.8) is 0 Å². The van der Waals surface area contributed by atoms with Crippen LogP contribution in [0.25, 0.3) is 16.2 Å². The first kappa shape index (κ1) is 17.2. The van der Waals surface area contributed by atoms with E-state index in [-0.39, 0.29) is 11.7 Å². The van der Waals surface area contributed by atoms with Gasteiger partial charge in [-0.25, -0.2) is 9.37 Å². The van der Waals surface area contributed by atoms with Crippen LogP contribution < -0.4 is 10.1 Å². The Morgan fingerprint density at radius 2 is 2.00 bits per heavy atom. The van der Waals surface area contributed by atoms with Gasteiger partial charge in [-0.1, -0.05) is 6.07 Å². The molecule has 0 saturated carbocycles. The number of hydrogen-bond acceptors (Lipinski definition) is 4. The molecule has 0 spiro atoms.